The van der Waals surface area contributed by atoms with Gasteiger partial charge < -0.3 is 24.9 Å². The molecule has 28 heavy (non-hydrogen) atoms. The van der Waals surface area contributed by atoms with Crippen molar-refractivity contribution in [2.45, 2.75) is 39.8 Å². The van der Waals surface area contributed by atoms with Gasteiger partial charge >= 0.3 is 0 Å². The predicted octanol–water partition coefficient (Wildman–Crippen LogP) is 3.42. The predicted molar refractivity (Wildman–Crippen MR) is 113 cm³/mol. The summed E-state index contributed by atoms with van der Waals surface area (Å²) >= 11 is 0. The number of para-hydroxylation sites is 1. The van der Waals surface area contributed by atoms with E-state index in [0.29, 0.717) is 32.2 Å². The van der Waals surface area contributed by atoms with Crippen LogP contribution in [-0.2, 0) is 12.1 Å². The SMILES string of the molecule is C=CCOc1ccccc1CN=C(NCC)NCC(C)(O)c1cc(C)oc1C. The molecule has 1 unspecified atom stereocenters. The molecule has 1 atom stereocenters. The van der Waals surface area contributed by atoms with Crippen LogP contribution in [-0.4, -0.2) is 30.8 Å². The average Bonchev–Trinajstić information content (AvgIpc) is 3.02. The molecule has 6 heteroatoms. The van der Waals surface area contributed by atoms with Gasteiger partial charge in [0.25, 0.3) is 0 Å². The summed E-state index contributed by atoms with van der Waals surface area (Å²) < 4.78 is 11.2. The number of rotatable bonds is 9. The molecule has 0 radical (unpaired) electrons. The van der Waals surface area contributed by atoms with Gasteiger partial charge in [0, 0.05) is 17.7 Å². The number of benzene rings is 1. The summed E-state index contributed by atoms with van der Waals surface area (Å²) in [6.45, 7) is 13.1. The fraction of sp³-hybridized carbons (Fsp3) is 0.409. The van der Waals surface area contributed by atoms with Crippen LogP contribution in [0.3, 0.4) is 0 Å². The molecular weight excluding hydrogens is 354 g/mol. The summed E-state index contributed by atoms with van der Waals surface area (Å²) in [5, 5.41) is 17.3. The highest BCUT2D eigenvalue weighted by molar-refractivity contribution is 5.79. The number of furan rings is 1. The zero-order valence-corrected chi connectivity index (χ0v) is 17.2. The van der Waals surface area contributed by atoms with Gasteiger partial charge in [-0.2, -0.15) is 0 Å². The van der Waals surface area contributed by atoms with Gasteiger partial charge in [-0.05, 0) is 39.8 Å². The lowest BCUT2D eigenvalue weighted by Crippen LogP contribution is -2.44. The Kier molecular flexibility index (Phi) is 7.70. The summed E-state index contributed by atoms with van der Waals surface area (Å²) in [6, 6.07) is 9.67. The minimum Gasteiger partial charge on any atom is -0.489 e. The van der Waals surface area contributed by atoms with Gasteiger partial charge in [-0.25, -0.2) is 4.99 Å². The van der Waals surface area contributed by atoms with Crippen molar-refractivity contribution in [3.05, 3.63) is 65.6 Å². The Morgan fingerprint density at radius 2 is 2.07 bits per heavy atom. The van der Waals surface area contributed by atoms with E-state index in [1.807, 2.05) is 51.1 Å². The van der Waals surface area contributed by atoms with Crippen molar-refractivity contribution in [2.24, 2.45) is 4.99 Å². The van der Waals surface area contributed by atoms with Gasteiger partial charge in [0.15, 0.2) is 5.96 Å². The van der Waals surface area contributed by atoms with E-state index in [4.69, 9.17) is 9.15 Å². The maximum atomic E-state index is 10.9. The molecule has 0 saturated carbocycles. The van der Waals surface area contributed by atoms with Crippen LogP contribution >= 0.6 is 0 Å². The number of guanidine groups is 1. The van der Waals surface area contributed by atoms with Gasteiger partial charge in [0.05, 0.1) is 13.1 Å². The minimum atomic E-state index is -1.08. The second-order valence-corrected chi connectivity index (χ2v) is 6.86. The van der Waals surface area contributed by atoms with Crippen molar-refractivity contribution in [1.82, 2.24) is 10.6 Å². The number of aliphatic imine (C=N–C) groups is 1. The zero-order chi connectivity index (χ0) is 20.6. The molecule has 0 aliphatic carbocycles. The molecule has 0 aliphatic rings. The first-order valence-corrected chi connectivity index (χ1v) is 9.51. The largest absolute Gasteiger partial charge is 0.489 e. The Balaban J connectivity index is 2.09. The highest BCUT2D eigenvalue weighted by atomic mass is 16.5. The van der Waals surface area contributed by atoms with Crippen molar-refractivity contribution in [3.8, 4) is 5.75 Å². The Bertz CT molecular complexity index is 809. The number of aliphatic hydroxyl groups is 1. The van der Waals surface area contributed by atoms with E-state index in [0.717, 1.165) is 28.4 Å². The lowest BCUT2D eigenvalue weighted by atomic mass is 9.96. The third-order valence-corrected chi connectivity index (χ3v) is 4.30. The van der Waals surface area contributed by atoms with E-state index >= 15 is 0 Å². The summed E-state index contributed by atoms with van der Waals surface area (Å²) in [5.41, 5.74) is 0.675. The van der Waals surface area contributed by atoms with Crippen molar-refractivity contribution in [2.75, 3.05) is 19.7 Å². The van der Waals surface area contributed by atoms with Crippen LogP contribution in [0.25, 0.3) is 0 Å². The molecule has 152 valence electrons. The Morgan fingerprint density at radius 3 is 2.71 bits per heavy atom. The molecule has 0 amide bonds. The molecule has 0 saturated heterocycles. The first-order chi connectivity index (χ1) is 13.4. The fourth-order valence-corrected chi connectivity index (χ4v) is 2.95. The van der Waals surface area contributed by atoms with Gasteiger partial charge in [-0.15, -0.1) is 0 Å². The van der Waals surface area contributed by atoms with Crippen molar-refractivity contribution >= 4 is 5.96 Å². The van der Waals surface area contributed by atoms with Crippen LogP contribution in [0.15, 0.2) is 52.4 Å². The maximum Gasteiger partial charge on any atom is 0.191 e. The molecule has 0 fully saturated rings. The van der Waals surface area contributed by atoms with Crippen molar-refractivity contribution in [3.63, 3.8) is 0 Å². The topological polar surface area (TPSA) is 79.0 Å². The van der Waals surface area contributed by atoms with E-state index < -0.39 is 5.60 Å². The molecule has 1 aromatic carbocycles. The van der Waals surface area contributed by atoms with Crippen LogP contribution in [0.4, 0.5) is 0 Å². The summed E-state index contributed by atoms with van der Waals surface area (Å²) in [6.07, 6.45) is 1.72. The summed E-state index contributed by atoms with van der Waals surface area (Å²) in [7, 11) is 0. The molecule has 6 nitrogen and oxygen atoms in total. The smallest absolute Gasteiger partial charge is 0.191 e. The number of aryl methyl sites for hydroxylation is 2. The van der Waals surface area contributed by atoms with E-state index in [1.54, 1.807) is 13.0 Å². The molecule has 2 rings (SSSR count). The Morgan fingerprint density at radius 1 is 1.32 bits per heavy atom. The van der Waals surface area contributed by atoms with Gasteiger partial charge in [0.1, 0.15) is 29.5 Å². The second kappa shape index (κ2) is 9.99. The highest BCUT2D eigenvalue weighted by Gasteiger charge is 2.27. The van der Waals surface area contributed by atoms with Crippen molar-refractivity contribution in [1.29, 1.82) is 0 Å². The van der Waals surface area contributed by atoms with Gasteiger partial charge in [0.2, 0.25) is 0 Å². The van der Waals surface area contributed by atoms with Gasteiger partial charge in [-0.1, -0.05) is 30.9 Å². The van der Waals surface area contributed by atoms with E-state index in [9.17, 15) is 5.11 Å². The molecule has 1 aromatic heterocycles. The quantitative estimate of drug-likeness (QED) is 0.350. The summed E-state index contributed by atoms with van der Waals surface area (Å²) in [4.78, 5) is 4.63. The van der Waals surface area contributed by atoms with Crippen LogP contribution in [0, 0.1) is 13.8 Å². The monoisotopic (exact) mass is 385 g/mol. The third-order valence-electron chi connectivity index (χ3n) is 4.30. The highest BCUT2D eigenvalue weighted by Crippen LogP contribution is 2.26. The number of nitrogens with zero attached hydrogens (tertiary/aromatic N) is 1. The molecule has 1 heterocycles. The first kappa shape index (κ1) is 21.6. The lowest BCUT2D eigenvalue weighted by Gasteiger charge is -2.24. The summed E-state index contributed by atoms with van der Waals surface area (Å²) in [5.74, 6) is 2.92. The molecule has 0 spiro atoms. The normalized spacial score (nSPS) is 13.7. The molecule has 3 N–H and O–H groups in total. The number of nitrogens with one attached hydrogen (secondary N) is 2. The minimum absolute atomic E-state index is 0.299. The molecule has 0 bridgehead atoms. The third kappa shape index (κ3) is 5.89. The van der Waals surface area contributed by atoms with E-state index in [1.165, 1.54) is 0 Å². The maximum absolute atomic E-state index is 10.9. The number of hydrogen-bond acceptors (Lipinski definition) is 4. The van der Waals surface area contributed by atoms with Crippen LogP contribution in [0.5, 0.6) is 5.75 Å². The van der Waals surface area contributed by atoms with Crippen molar-refractivity contribution < 1.29 is 14.3 Å². The number of hydrogen-bond donors (Lipinski definition) is 3. The molecule has 0 aliphatic heterocycles. The molecule has 2 aromatic rings. The average molecular weight is 386 g/mol. The first-order valence-electron chi connectivity index (χ1n) is 9.51. The standard InChI is InChI=1S/C22H31N3O3/c1-6-12-27-20-11-9-8-10-18(20)14-24-21(23-7-2)25-15-22(5,26)19-13-16(3)28-17(19)4/h6,8-11,13,26H,1,7,12,14-15H2,2-5H3,(H2,23,24,25). The van der Waals surface area contributed by atoms with E-state index in [-0.39, 0.29) is 0 Å². The van der Waals surface area contributed by atoms with Crippen LogP contribution < -0.4 is 15.4 Å². The van der Waals surface area contributed by atoms with Crippen LogP contribution in [0.2, 0.25) is 0 Å². The Hall–Kier alpha value is -2.73. The zero-order valence-electron chi connectivity index (χ0n) is 17.2. The Labute approximate surface area is 167 Å². The van der Waals surface area contributed by atoms with E-state index in [2.05, 4.69) is 22.2 Å². The fourth-order valence-electron chi connectivity index (χ4n) is 2.95. The van der Waals surface area contributed by atoms with Crippen LogP contribution in [0.1, 0.15) is 36.5 Å². The molecular formula is C22H31N3O3. The lowest BCUT2D eigenvalue weighted by molar-refractivity contribution is 0.0601. The van der Waals surface area contributed by atoms with Gasteiger partial charge in [-0.3, -0.25) is 0 Å². The number of ether oxygens (including phenoxy) is 1. The second-order valence-electron chi connectivity index (χ2n) is 6.86.